The Balaban J connectivity index is 2.25. The van der Waals surface area contributed by atoms with Gasteiger partial charge in [0.15, 0.2) is 0 Å². The minimum atomic E-state index is -4.61. The van der Waals surface area contributed by atoms with Crippen LogP contribution in [0, 0.1) is 11.3 Å². The molecular weight excluding hydrogens is 371 g/mol. The smallest absolute Gasteiger partial charge is 0.345 e. The average molecular weight is 387 g/mol. The lowest BCUT2D eigenvalue weighted by molar-refractivity contribution is -0.137. The number of alkyl halides is 3. The second-order valence-corrected chi connectivity index (χ2v) is 5.99. The molecule has 0 atom stereocenters. The Morgan fingerprint density at radius 3 is 2.21 bits per heavy atom. The van der Waals surface area contributed by atoms with Crippen LogP contribution in [0.4, 0.5) is 18.9 Å². The molecule has 0 saturated carbocycles. The molecule has 2 amide bonds. The number of carbonyl (C=O) groups is 2. The van der Waals surface area contributed by atoms with Gasteiger partial charge in [-0.25, -0.2) is 0 Å². The summed E-state index contributed by atoms with van der Waals surface area (Å²) in [6.07, 6.45) is -3.72. The zero-order valence-electron chi connectivity index (χ0n) is 15.0. The van der Waals surface area contributed by atoms with Gasteiger partial charge in [0.05, 0.1) is 5.56 Å². The van der Waals surface area contributed by atoms with Crippen molar-refractivity contribution in [2.24, 2.45) is 0 Å². The molecule has 2 aromatic carbocycles. The fraction of sp³-hybridized carbons (Fsp3) is 0.150. The van der Waals surface area contributed by atoms with Gasteiger partial charge in [-0.05, 0) is 42.0 Å². The maximum Gasteiger partial charge on any atom is 0.416 e. The quantitative estimate of drug-likeness (QED) is 0.638. The van der Waals surface area contributed by atoms with Crippen molar-refractivity contribution in [3.63, 3.8) is 0 Å². The van der Waals surface area contributed by atoms with E-state index in [4.69, 9.17) is 0 Å². The van der Waals surface area contributed by atoms with Crippen molar-refractivity contribution < 1.29 is 22.8 Å². The van der Waals surface area contributed by atoms with Crippen LogP contribution in [0.5, 0.6) is 0 Å². The van der Waals surface area contributed by atoms with Crippen LogP contribution >= 0.6 is 0 Å². The van der Waals surface area contributed by atoms with E-state index in [-0.39, 0.29) is 11.5 Å². The molecule has 0 aliphatic carbocycles. The average Bonchev–Trinajstić information content (AvgIpc) is 2.65. The second-order valence-electron chi connectivity index (χ2n) is 5.99. The molecule has 8 heteroatoms. The van der Waals surface area contributed by atoms with Gasteiger partial charge in [-0.1, -0.05) is 18.2 Å². The van der Waals surface area contributed by atoms with Crippen molar-refractivity contribution in [2.45, 2.75) is 6.18 Å². The van der Waals surface area contributed by atoms with Crippen LogP contribution in [0.15, 0.2) is 54.1 Å². The number of anilines is 1. The number of hydrogen-bond acceptors (Lipinski definition) is 3. The van der Waals surface area contributed by atoms with Crippen molar-refractivity contribution in [2.75, 3.05) is 19.4 Å². The molecule has 5 nitrogen and oxygen atoms in total. The van der Waals surface area contributed by atoms with Crippen LogP contribution in [-0.4, -0.2) is 30.8 Å². The van der Waals surface area contributed by atoms with Crippen molar-refractivity contribution in [3.8, 4) is 6.07 Å². The summed E-state index contributed by atoms with van der Waals surface area (Å²) in [6, 6.07) is 12.2. The highest BCUT2D eigenvalue weighted by Gasteiger charge is 2.32. The molecule has 0 aliphatic heterocycles. The highest BCUT2D eigenvalue weighted by atomic mass is 19.4. The maximum absolute atomic E-state index is 13.1. The Bertz CT molecular complexity index is 956. The van der Waals surface area contributed by atoms with E-state index in [1.807, 2.05) is 0 Å². The van der Waals surface area contributed by atoms with Crippen LogP contribution in [-0.2, 0) is 11.0 Å². The van der Waals surface area contributed by atoms with Crippen molar-refractivity contribution in [1.82, 2.24) is 4.90 Å². The minimum absolute atomic E-state index is 0.223. The summed E-state index contributed by atoms with van der Waals surface area (Å²) >= 11 is 0. The van der Waals surface area contributed by atoms with Crippen LogP contribution in [0.25, 0.3) is 6.08 Å². The SMILES string of the molecule is CN(C)C(=O)c1ccc(NC(=O)/C(C#N)=C/c2ccccc2C(F)(F)F)cc1. The van der Waals surface area contributed by atoms with Crippen LogP contribution in [0.2, 0.25) is 0 Å². The third kappa shape index (κ3) is 4.98. The number of benzene rings is 2. The van der Waals surface area contributed by atoms with Crippen molar-refractivity contribution in [3.05, 3.63) is 70.8 Å². The van der Waals surface area contributed by atoms with Gasteiger partial charge in [-0.15, -0.1) is 0 Å². The molecule has 0 fully saturated rings. The zero-order chi connectivity index (χ0) is 20.9. The lowest BCUT2D eigenvalue weighted by atomic mass is 10.0. The number of nitrogens with one attached hydrogen (secondary N) is 1. The Morgan fingerprint density at radius 2 is 1.68 bits per heavy atom. The number of carbonyl (C=O) groups excluding carboxylic acids is 2. The first kappa shape index (κ1) is 20.7. The summed E-state index contributed by atoms with van der Waals surface area (Å²) in [5, 5.41) is 11.6. The van der Waals surface area contributed by atoms with Gasteiger partial charge in [-0.2, -0.15) is 18.4 Å². The summed E-state index contributed by atoms with van der Waals surface area (Å²) in [5.74, 6) is -1.08. The van der Waals surface area contributed by atoms with E-state index in [2.05, 4.69) is 5.32 Å². The number of halogens is 3. The molecule has 2 rings (SSSR count). The summed E-state index contributed by atoms with van der Waals surface area (Å²) < 4.78 is 39.2. The van der Waals surface area contributed by atoms with E-state index in [1.165, 1.54) is 47.4 Å². The second kappa shape index (κ2) is 8.39. The van der Waals surface area contributed by atoms with E-state index < -0.39 is 23.2 Å². The molecule has 0 aromatic heterocycles. The standard InChI is InChI=1S/C20H16F3N3O2/c1-26(2)19(28)13-7-9-16(10-8-13)25-18(27)15(12-24)11-14-5-3-4-6-17(14)20(21,22)23/h3-11H,1-2H3,(H,25,27)/b15-11+. The molecule has 1 N–H and O–H groups in total. The lowest BCUT2D eigenvalue weighted by Crippen LogP contribution is -2.21. The van der Waals surface area contributed by atoms with Gasteiger partial charge in [0, 0.05) is 25.3 Å². The van der Waals surface area contributed by atoms with Gasteiger partial charge in [0.2, 0.25) is 0 Å². The maximum atomic E-state index is 13.1. The minimum Gasteiger partial charge on any atom is -0.345 e. The van der Waals surface area contributed by atoms with Crippen LogP contribution in [0.3, 0.4) is 0 Å². The Morgan fingerprint density at radius 1 is 1.07 bits per heavy atom. The molecular formula is C20H16F3N3O2. The fourth-order valence-electron chi connectivity index (χ4n) is 2.34. The third-order valence-corrected chi connectivity index (χ3v) is 3.73. The van der Waals surface area contributed by atoms with E-state index in [0.717, 1.165) is 12.1 Å². The largest absolute Gasteiger partial charge is 0.416 e. The van der Waals surface area contributed by atoms with E-state index in [1.54, 1.807) is 20.2 Å². The summed E-state index contributed by atoms with van der Waals surface area (Å²) in [4.78, 5) is 25.5. The van der Waals surface area contributed by atoms with E-state index >= 15 is 0 Å². The predicted molar refractivity (Wildman–Crippen MR) is 98.1 cm³/mol. The van der Waals surface area contributed by atoms with Gasteiger partial charge in [0.25, 0.3) is 11.8 Å². The lowest BCUT2D eigenvalue weighted by Gasteiger charge is -2.11. The highest BCUT2D eigenvalue weighted by molar-refractivity contribution is 6.10. The molecule has 0 spiro atoms. The molecule has 0 radical (unpaired) electrons. The van der Waals surface area contributed by atoms with Gasteiger partial charge < -0.3 is 10.2 Å². The molecule has 144 valence electrons. The topological polar surface area (TPSA) is 73.2 Å². The summed E-state index contributed by atoms with van der Waals surface area (Å²) in [7, 11) is 3.20. The zero-order valence-corrected chi connectivity index (χ0v) is 15.0. The van der Waals surface area contributed by atoms with Crippen molar-refractivity contribution >= 4 is 23.6 Å². The first-order chi connectivity index (χ1) is 13.1. The molecule has 0 unspecified atom stereocenters. The van der Waals surface area contributed by atoms with E-state index in [0.29, 0.717) is 11.3 Å². The fourth-order valence-corrected chi connectivity index (χ4v) is 2.34. The molecule has 0 aliphatic rings. The molecule has 2 aromatic rings. The van der Waals surface area contributed by atoms with E-state index in [9.17, 15) is 28.0 Å². The normalized spacial score (nSPS) is 11.5. The molecule has 0 bridgehead atoms. The highest BCUT2D eigenvalue weighted by Crippen LogP contribution is 2.32. The van der Waals surface area contributed by atoms with Crippen LogP contribution < -0.4 is 5.32 Å². The van der Waals surface area contributed by atoms with Crippen molar-refractivity contribution in [1.29, 1.82) is 5.26 Å². The Hall–Kier alpha value is -3.60. The number of hydrogen-bond donors (Lipinski definition) is 1. The third-order valence-electron chi connectivity index (χ3n) is 3.73. The van der Waals surface area contributed by atoms with Gasteiger partial charge >= 0.3 is 6.18 Å². The molecule has 0 saturated heterocycles. The Kier molecular flexibility index (Phi) is 6.21. The summed E-state index contributed by atoms with van der Waals surface area (Å²) in [5.41, 5.74) is -1.01. The van der Waals surface area contributed by atoms with Crippen LogP contribution in [0.1, 0.15) is 21.5 Å². The first-order valence-electron chi connectivity index (χ1n) is 8.04. The monoisotopic (exact) mass is 387 g/mol. The summed E-state index contributed by atoms with van der Waals surface area (Å²) in [6.45, 7) is 0. The predicted octanol–water partition coefficient (Wildman–Crippen LogP) is 3.95. The molecule has 28 heavy (non-hydrogen) atoms. The number of rotatable bonds is 4. The molecule has 0 heterocycles. The number of nitriles is 1. The first-order valence-corrected chi connectivity index (χ1v) is 8.04. The number of amides is 2. The Labute approximate surface area is 159 Å². The van der Waals surface area contributed by atoms with Gasteiger partial charge in [0.1, 0.15) is 11.6 Å². The number of nitrogens with zero attached hydrogens (tertiary/aromatic N) is 2. The van der Waals surface area contributed by atoms with Gasteiger partial charge in [-0.3, -0.25) is 9.59 Å².